The van der Waals surface area contributed by atoms with E-state index in [1.165, 1.54) is 42.5 Å². The van der Waals surface area contributed by atoms with E-state index in [0.29, 0.717) is 22.1 Å². The van der Waals surface area contributed by atoms with Crippen LogP contribution in [0.3, 0.4) is 0 Å². The molecule has 3 aromatic carbocycles. The fourth-order valence-electron chi connectivity index (χ4n) is 2.92. The molecule has 0 fully saturated rings. The molecule has 26 heavy (non-hydrogen) atoms. The van der Waals surface area contributed by atoms with Gasteiger partial charge < -0.3 is 19.7 Å². The molecule has 0 aliphatic heterocycles. The second-order valence-corrected chi connectivity index (χ2v) is 5.91. The summed E-state index contributed by atoms with van der Waals surface area (Å²) in [4.78, 5) is 13.1. The van der Waals surface area contributed by atoms with Crippen molar-refractivity contribution in [3.8, 4) is 39.7 Å². The molecule has 0 saturated heterocycles. The Morgan fingerprint density at radius 1 is 0.692 bits per heavy atom. The van der Waals surface area contributed by atoms with E-state index in [4.69, 9.17) is 4.42 Å². The van der Waals surface area contributed by atoms with Crippen LogP contribution in [0.25, 0.3) is 33.4 Å². The molecule has 0 atom stereocenters. The van der Waals surface area contributed by atoms with Crippen LogP contribution in [0.2, 0.25) is 0 Å². The van der Waals surface area contributed by atoms with E-state index in [-0.39, 0.29) is 34.0 Å². The van der Waals surface area contributed by atoms with Crippen LogP contribution in [0.15, 0.2) is 75.9 Å². The second-order valence-electron chi connectivity index (χ2n) is 5.91. The Balaban J connectivity index is 2.11. The highest BCUT2D eigenvalue weighted by molar-refractivity contribution is 5.89. The highest BCUT2D eigenvalue weighted by atomic mass is 16.3. The van der Waals surface area contributed by atoms with E-state index < -0.39 is 0 Å². The molecule has 0 aliphatic carbocycles. The zero-order valence-corrected chi connectivity index (χ0v) is 13.5. The number of fused-ring (bicyclic) bond motifs is 1. The van der Waals surface area contributed by atoms with Crippen molar-refractivity contribution in [3.05, 3.63) is 77.0 Å². The third-order valence-corrected chi connectivity index (χ3v) is 4.14. The Kier molecular flexibility index (Phi) is 3.62. The molecule has 4 aromatic rings. The molecule has 0 aliphatic rings. The normalized spacial score (nSPS) is 10.9. The Morgan fingerprint density at radius 3 is 2.12 bits per heavy atom. The summed E-state index contributed by atoms with van der Waals surface area (Å²) in [6.45, 7) is 0. The summed E-state index contributed by atoms with van der Waals surface area (Å²) in [5.41, 5.74) is 1.39. The molecule has 5 nitrogen and oxygen atoms in total. The minimum absolute atomic E-state index is 0.0140. The number of hydrogen-bond acceptors (Lipinski definition) is 5. The van der Waals surface area contributed by atoms with Crippen molar-refractivity contribution in [2.45, 2.75) is 0 Å². The van der Waals surface area contributed by atoms with Gasteiger partial charge in [0.1, 0.15) is 28.6 Å². The monoisotopic (exact) mass is 346 g/mol. The van der Waals surface area contributed by atoms with Crippen LogP contribution in [0, 0.1) is 0 Å². The minimum atomic E-state index is -0.268. The first-order valence-corrected chi connectivity index (χ1v) is 7.91. The summed E-state index contributed by atoms with van der Waals surface area (Å²) >= 11 is 0. The maximum absolute atomic E-state index is 13.1. The number of hydrogen-bond donors (Lipinski definition) is 3. The van der Waals surface area contributed by atoms with Gasteiger partial charge in [-0.2, -0.15) is 0 Å². The molecule has 4 rings (SSSR count). The highest BCUT2D eigenvalue weighted by Crippen LogP contribution is 2.35. The molecular weight excluding hydrogens is 332 g/mol. The van der Waals surface area contributed by atoms with Crippen molar-refractivity contribution in [3.63, 3.8) is 0 Å². The maximum atomic E-state index is 13.1. The van der Waals surface area contributed by atoms with E-state index in [1.54, 1.807) is 24.3 Å². The number of aromatic hydroxyl groups is 3. The lowest BCUT2D eigenvalue weighted by atomic mass is 9.98. The topological polar surface area (TPSA) is 90.9 Å². The SMILES string of the molecule is O=c1c(-c2ccc(O)cc2)c(-c2cccc(O)c2)oc2cc(O)ccc12. The lowest BCUT2D eigenvalue weighted by molar-refractivity contribution is 0.473. The average molecular weight is 346 g/mol. The second kappa shape index (κ2) is 5.97. The van der Waals surface area contributed by atoms with E-state index in [9.17, 15) is 20.1 Å². The summed E-state index contributed by atoms with van der Waals surface area (Å²) in [5, 5.41) is 29.4. The van der Waals surface area contributed by atoms with Crippen LogP contribution in [0.1, 0.15) is 0 Å². The predicted molar refractivity (Wildman–Crippen MR) is 98.4 cm³/mol. The number of benzene rings is 3. The fourth-order valence-corrected chi connectivity index (χ4v) is 2.92. The van der Waals surface area contributed by atoms with Crippen molar-refractivity contribution >= 4 is 11.0 Å². The first-order chi connectivity index (χ1) is 12.5. The van der Waals surface area contributed by atoms with Gasteiger partial charge in [0.25, 0.3) is 0 Å². The molecule has 0 saturated carbocycles. The zero-order chi connectivity index (χ0) is 18.3. The summed E-state index contributed by atoms with van der Waals surface area (Å²) in [6, 6.07) is 16.9. The van der Waals surface area contributed by atoms with Gasteiger partial charge in [0.15, 0.2) is 0 Å². The van der Waals surface area contributed by atoms with Gasteiger partial charge in [-0.15, -0.1) is 0 Å². The quantitative estimate of drug-likeness (QED) is 0.505. The zero-order valence-electron chi connectivity index (χ0n) is 13.5. The largest absolute Gasteiger partial charge is 0.508 e. The number of phenolic OH excluding ortho intramolecular Hbond substituents is 3. The lowest BCUT2D eigenvalue weighted by Gasteiger charge is -2.11. The minimum Gasteiger partial charge on any atom is -0.508 e. The predicted octanol–water partition coefficient (Wildman–Crippen LogP) is 4.24. The fraction of sp³-hybridized carbons (Fsp3) is 0. The summed E-state index contributed by atoms with van der Waals surface area (Å²) in [7, 11) is 0. The molecule has 0 unspecified atom stereocenters. The van der Waals surface area contributed by atoms with Crippen LogP contribution < -0.4 is 5.43 Å². The molecular formula is C21H14O5. The van der Waals surface area contributed by atoms with Crippen LogP contribution in [-0.4, -0.2) is 15.3 Å². The van der Waals surface area contributed by atoms with Crippen LogP contribution in [-0.2, 0) is 0 Å². The van der Waals surface area contributed by atoms with Crippen molar-refractivity contribution < 1.29 is 19.7 Å². The lowest BCUT2D eigenvalue weighted by Crippen LogP contribution is -2.07. The first kappa shape index (κ1) is 15.8. The summed E-state index contributed by atoms with van der Waals surface area (Å²) in [5.74, 6) is 0.384. The van der Waals surface area contributed by atoms with E-state index in [1.807, 2.05) is 0 Å². The van der Waals surface area contributed by atoms with E-state index in [0.717, 1.165) is 0 Å². The van der Waals surface area contributed by atoms with E-state index >= 15 is 0 Å². The van der Waals surface area contributed by atoms with Gasteiger partial charge in [-0.05, 0) is 42.0 Å². The molecule has 0 amide bonds. The molecule has 1 aromatic heterocycles. The van der Waals surface area contributed by atoms with Crippen LogP contribution in [0.5, 0.6) is 17.2 Å². The first-order valence-electron chi connectivity index (χ1n) is 7.91. The van der Waals surface area contributed by atoms with Gasteiger partial charge in [0.2, 0.25) is 5.43 Å². The molecule has 1 heterocycles. The molecule has 3 N–H and O–H groups in total. The Bertz CT molecular complexity index is 1170. The van der Waals surface area contributed by atoms with Gasteiger partial charge in [-0.1, -0.05) is 24.3 Å². The average Bonchev–Trinajstić information content (AvgIpc) is 2.62. The Labute approximate surface area is 148 Å². The molecule has 0 spiro atoms. The van der Waals surface area contributed by atoms with Gasteiger partial charge in [0.05, 0.1) is 10.9 Å². The van der Waals surface area contributed by atoms with Crippen molar-refractivity contribution in [2.75, 3.05) is 0 Å². The van der Waals surface area contributed by atoms with Gasteiger partial charge in [-0.3, -0.25) is 4.79 Å². The Morgan fingerprint density at radius 2 is 1.38 bits per heavy atom. The molecule has 5 heteroatoms. The van der Waals surface area contributed by atoms with Crippen LogP contribution in [0.4, 0.5) is 0 Å². The Hall–Kier alpha value is -3.73. The molecule has 0 bridgehead atoms. The number of rotatable bonds is 2. The van der Waals surface area contributed by atoms with Crippen LogP contribution >= 0.6 is 0 Å². The van der Waals surface area contributed by atoms with E-state index in [2.05, 4.69) is 0 Å². The molecule has 0 radical (unpaired) electrons. The smallest absolute Gasteiger partial charge is 0.201 e. The molecule has 128 valence electrons. The third-order valence-electron chi connectivity index (χ3n) is 4.14. The number of phenols is 3. The standard InChI is InChI=1S/C21H14O5/c22-14-6-4-12(5-7-14)19-20(25)17-9-8-16(24)11-18(17)26-21(19)13-2-1-3-15(23)10-13/h1-11,22-24H. The summed E-state index contributed by atoms with van der Waals surface area (Å²) < 4.78 is 5.95. The summed E-state index contributed by atoms with van der Waals surface area (Å²) in [6.07, 6.45) is 0. The van der Waals surface area contributed by atoms with Crippen molar-refractivity contribution in [2.24, 2.45) is 0 Å². The van der Waals surface area contributed by atoms with Gasteiger partial charge in [0, 0.05) is 11.6 Å². The van der Waals surface area contributed by atoms with Gasteiger partial charge >= 0.3 is 0 Å². The van der Waals surface area contributed by atoms with Crippen molar-refractivity contribution in [1.82, 2.24) is 0 Å². The highest BCUT2D eigenvalue weighted by Gasteiger charge is 2.18. The maximum Gasteiger partial charge on any atom is 0.201 e. The van der Waals surface area contributed by atoms with Gasteiger partial charge in [-0.25, -0.2) is 0 Å². The third kappa shape index (κ3) is 2.65. The van der Waals surface area contributed by atoms with Crippen molar-refractivity contribution in [1.29, 1.82) is 0 Å².